The minimum Gasteiger partial charge on any atom is -0.468 e. The summed E-state index contributed by atoms with van der Waals surface area (Å²) in [5.74, 6) is 0.505. The fourth-order valence-corrected chi connectivity index (χ4v) is 2.00. The van der Waals surface area contributed by atoms with Crippen LogP contribution in [0.15, 0.2) is 0 Å². The first-order chi connectivity index (χ1) is 5.64. The molecule has 0 saturated heterocycles. The highest BCUT2D eigenvalue weighted by atomic mass is 16.5. The molecular formula is C9H17NO2. The van der Waals surface area contributed by atoms with Gasteiger partial charge >= 0.3 is 5.97 Å². The smallest absolute Gasteiger partial charge is 0.326 e. The van der Waals surface area contributed by atoms with Crippen molar-refractivity contribution in [2.45, 2.75) is 31.7 Å². The van der Waals surface area contributed by atoms with Crippen LogP contribution in [0.3, 0.4) is 0 Å². The summed E-state index contributed by atoms with van der Waals surface area (Å²) in [4.78, 5) is 11.4. The number of likely N-dealkylation sites (N-methyl/N-ethyl adjacent to an activating group) is 1. The van der Waals surface area contributed by atoms with Crippen molar-refractivity contribution in [1.29, 1.82) is 0 Å². The maximum absolute atomic E-state index is 11.4. The number of hydrogen-bond acceptors (Lipinski definition) is 3. The quantitative estimate of drug-likeness (QED) is 0.628. The van der Waals surface area contributed by atoms with Crippen molar-refractivity contribution in [3.63, 3.8) is 0 Å². The fraction of sp³-hybridized carbons (Fsp3) is 0.889. The minimum absolute atomic E-state index is 0.116. The molecule has 0 aromatic rings. The Bertz CT molecular complexity index is 181. The van der Waals surface area contributed by atoms with E-state index in [2.05, 4.69) is 12.2 Å². The van der Waals surface area contributed by atoms with Crippen molar-refractivity contribution in [3.05, 3.63) is 0 Å². The summed E-state index contributed by atoms with van der Waals surface area (Å²) in [6.45, 7) is 2.17. The number of ether oxygens (including phenoxy) is 1. The van der Waals surface area contributed by atoms with Gasteiger partial charge in [-0.25, -0.2) is 0 Å². The molecule has 2 atom stereocenters. The highest BCUT2D eigenvalue weighted by molar-refractivity contribution is 5.81. The third kappa shape index (κ3) is 1.46. The summed E-state index contributed by atoms with van der Waals surface area (Å²) in [6, 6.07) is 0. The van der Waals surface area contributed by atoms with Crippen LogP contribution in [0.2, 0.25) is 0 Å². The molecule has 0 bridgehead atoms. The molecule has 0 radical (unpaired) electrons. The Labute approximate surface area is 73.5 Å². The number of carbonyl (C=O) groups excluding carboxylic acids is 1. The number of esters is 1. The second kappa shape index (κ2) is 3.44. The summed E-state index contributed by atoms with van der Waals surface area (Å²) in [5, 5.41) is 3.08. The Morgan fingerprint density at radius 3 is 2.67 bits per heavy atom. The molecule has 0 spiro atoms. The third-order valence-corrected chi connectivity index (χ3v) is 2.82. The largest absolute Gasteiger partial charge is 0.468 e. The van der Waals surface area contributed by atoms with E-state index in [1.54, 1.807) is 0 Å². The van der Waals surface area contributed by atoms with Gasteiger partial charge in [-0.2, -0.15) is 0 Å². The lowest BCUT2D eigenvalue weighted by molar-refractivity contribution is -0.148. The maximum Gasteiger partial charge on any atom is 0.326 e. The lowest BCUT2D eigenvalue weighted by atomic mass is 9.97. The van der Waals surface area contributed by atoms with Gasteiger partial charge in [0.25, 0.3) is 0 Å². The molecule has 1 aliphatic rings. The molecule has 1 saturated carbocycles. The lowest BCUT2D eigenvalue weighted by Crippen LogP contribution is -2.48. The first-order valence-electron chi connectivity index (χ1n) is 4.42. The molecule has 0 heterocycles. The van der Waals surface area contributed by atoms with Crippen molar-refractivity contribution in [2.24, 2.45) is 5.92 Å². The van der Waals surface area contributed by atoms with Crippen LogP contribution >= 0.6 is 0 Å². The molecule has 0 aromatic carbocycles. The number of rotatable bonds is 2. The van der Waals surface area contributed by atoms with Crippen LogP contribution < -0.4 is 5.32 Å². The molecule has 3 nitrogen and oxygen atoms in total. The van der Waals surface area contributed by atoms with Crippen LogP contribution in [0.25, 0.3) is 0 Å². The van der Waals surface area contributed by atoms with Crippen LogP contribution in [0.4, 0.5) is 0 Å². The van der Waals surface area contributed by atoms with Crippen LogP contribution in [0.5, 0.6) is 0 Å². The van der Waals surface area contributed by atoms with E-state index in [1.807, 2.05) is 7.05 Å². The second-order valence-corrected chi connectivity index (χ2v) is 3.67. The summed E-state index contributed by atoms with van der Waals surface area (Å²) in [7, 11) is 3.28. The van der Waals surface area contributed by atoms with Gasteiger partial charge in [-0.3, -0.25) is 4.79 Å². The minimum atomic E-state index is -0.395. The van der Waals surface area contributed by atoms with Gasteiger partial charge in [-0.05, 0) is 32.2 Å². The van der Waals surface area contributed by atoms with Crippen LogP contribution in [0, 0.1) is 5.92 Å². The summed E-state index contributed by atoms with van der Waals surface area (Å²) in [5.41, 5.74) is -0.395. The Morgan fingerprint density at radius 1 is 1.67 bits per heavy atom. The predicted molar refractivity (Wildman–Crippen MR) is 46.8 cm³/mol. The number of methoxy groups -OCH3 is 1. The Morgan fingerprint density at radius 2 is 2.33 bits per heavy atom. The molecule has 1 fully saturated rings. The third-order valence-electron chi connectivity index (χ3n) is 2.82. The molecule has 2 unspecified atom stereocenters. The van der Waals surface area contributed by atoms with E-state index in [1.165, 1.54) is 7.11 Å². The highest BCUT2D eigenvalue weighted by Gasteiger charge is 2.43. The summed E-state index contributed by atoms with van der Waals surface area (Å²) < 4.78 is 4.78. The molecule has 1 aliphatic carbocycles. The molecule has 1 N–H and O–H groups in total. The zero-order chi connectivity index (χ0) is 9.19. The molecule has 0 amide bonds. The van der Waals surface area contributed by atoms with Crippen molar-refractivity contribution >= 4 is 5.97 Å². The fourth-order valence-electron chi connectivity index (χ4n) is 2.00. The lowest BCUT2D eigenvalue weighted by Gasteiger charge is -2.25. The van der Waals surface area contributed by atoms with Gasteiger partial charge in [0.15, 0.2) is 0 Å². The van der Waals surface area contributed by atoms with E-state index >= 15 is 0 Å². The van der Waals surface area contributed by atoms with E-state index in [9.17, 15) is 4.79 Å². The average molecular weight is 171 g/mol. The van der Waals surface area contributed by atoms with E-state index in [0.29, 0.717) is 5.92 Å². The zero-order valence-electron chi connectivity index (χ0n) is 8.02. The van der Waals surface area contributed by atoms with Gasteiger partial charge in [-0.1, -0.05) is 6.92 Å². The van der Waals surface area contributed by atoms with Gasteiger partial charge in [0.1, 0.15) is 5.54 Å². The van der Waals surface area contributed by atoms with Crippen LogP contribution in [0.1, 0.15) is 26.2 Å². The molecule has 0 aliphatic heterocycles. The van der Waals surface area contributed by atoms with Crippen molar-refractivity contribution in [3.8, 4) is 0 Å². The molecule has 12 heavy (non-hydrogen) atoms. The van der Waals surface area contributed by atoms with E-state index in [4.69, 9.17) is 4.74 Å². The Kier molecular flexibility index (Phi) is 2.73. The molecular weight excluding hydrogens is 154 g/mol. The molecule has 0 aromatic heterocycles. The topological polar surface area (TPSA) is 38.3 Å². The van der Waals surface area contributed by atoms with Crippen molar-refractivity contribution in [1.82, 2.24) is 5.32 Å². The first kappa shape index (κ1) is 9.52. The van der Waals surface area contributed by atoms with Gasteiger partial charge in [-0.15, -0.1) is 0 Å². The van der Waals surface area contributed by atoms with Gasteiger partial charge in [0, 0.05) is 0 Å². The predicted octanol–water partition coefficient (Wildman–Crippen LogP) is 0.938. The van der Waals surface area contributed by atoms with E-state index in [0.717, 1.165) is 19.3 Å². The van der Waals surface area contributed by atoms with E-state index in [-0.39, 0.29) is 5.97 Å². The molecule has 70 valence electrons. The summed E-state index contributed by atoms with van der Waals surface area (Å²) in [6.07, 6.45) is 2.91. The SMILES string of the molecule is CNC1(C(=O)OC)CCC(C)C1. The second-order valence-electron chi connectivity index (χ2n) is 3.67. The van der Waals surface area contributed by atoms with Gasteiger partial charge in [0.05, 0.1) is 7.11 Å². The average Bonchev–Trinajstić information content (AvgIpc) is 2.47. The molecule has 3 heteroatoms. The summed E-state index contributed by atoms with van der Waals surface area (Å²) >= 11 is 0. The zero-order valence-corrected chi connectivity index (χ0v) is 8.02. The monoisotopic (exact) mass is 171 g/mol. The number of carbonyl (C=O) groups is 1. The van der Waals surface area contributed by atoms with Crippen LogP contribution in [-0.4, -0.2) is 25.7 Å². The Balaban J connectivity index is 2.70. The molecule has 1 rings (SSSR count). The number of nitrogens with one attached hydrogen (secondary N) is 1. The Hall–Kier alpha value is -0.570. The van der Waals surface area contributed by atoms with E-state index < -0.39 is 5.54 Å². The highest BCUT2D eigenvalue weighted by Crippen LogP contribution is 2.34. The first-order valence-corrected chi connectivity index (χ1v) is 4.42. The normalized spacial score (nSPS) is 35.1. The number of hydrogen-bond donors (Lipinski definition) is 1. The van der Waals surface area contributed by atoms with Gasteiger partial charge in [0.2, 0.25) is 0 Å². The van der Waals surface area contributed by atoms with Crippen molar-refractivity contribution < 1.29 is 9.53 Å². The maximum atomic E-state index is 11.4. The van der Waals surface area contributed by atoms with Crippen molar-refractivity contribution in [2.75, 3.05) is 14.2 Å². The standard InChI is InChI=1S/C9H17NO2/c1-7-4-5-9(6-7,10-2)8(11)12-3/h7,10H,4-6H2,1-3H3. The van der Waals surface area contributed by atoms with Gasteiger partial charge < -0.3 is 10.1 Å². The van der Waals surface area contributed by atoms with Crippen LogP contribution in [-0.2, 0) is 9.53 Å².